The molecule has 4 nitrogen and oxygen atoms in total. The first-order chi connectivity index (χ1) is 10.7. The zero-order valence-corrected chi connectivity index (χ0v) is 14.1. The number of hydrogen-bond acceptors (Lipinski definition) is 4. The summed E-state index contributed by atoms with van der Waals surface area (Å²) < 4.78 is 11.3. The van der Waals surface area contributed by atoms with E-state index in [4.69, 9.17) is 9.47 Å². The van der Waals surface area contributed by atoms with Gasteiger partial charge in [0, 0.05) is 26.8 Å². The average molecular weight is 323 g/mol. The highest BCUT2D eigenvalue weighted by molar-refractivity contribution is 7.07. The topological polar surface area (TPSA) is 38.8 Å². The summed E-state index contributed by atoms with van der Waals surface area (Å²) in [6, 6.07) is 2.04. The van der Waals surface area contributed by atoms with Crippen LogP contribution in [0.4, 0.5) is 0 Å². The van der Waals surface area contributed by atoms with Crippen molar-refractivity contribution in [3.05, 3.63) is 22.4 Å². The Morgan fingerprint density at radius 3 is 3.00 bits per heavy atom. The van der Waals surface area contributed by atoms with Gasteiger partial charge in [0.15, 0.2) is 0 Å². The van der Waals surface area contributed by atoms with E-state index >= 15 is 0 Å². The highest BCUT2D eigenvalue weighted by Crippen LogP contribution is 2.39. The highest BCUT2D eigenvalue weighted by atomic mass is 32.1. The maximum atomic E-state index is 12.3. The molecule has 0 aliphatic carbocycles. The fraction of sp³-hybridized carbons (Fsp3) is 0.706. The Labute approximate surface area is 136 Å². The number of nitrogens with zero attached hydrogens (tertiary/aromatic N) is 1. The molecule has 5 heteroatoms. The number of hydrogen-bond donors (Lipinski definition) is 0. The van der Waals surface area contributed by atoms with Gasteiger partial charge in [-0.15, -0.1) is 0 Å². The molecule has 1 spiro atoms. The van der Waals surface area contributed by atoms with Crippen LogP contribution in [-0.2, 0) is 20.7 Å². The molecule has 2 aliphatic heterocycles. The van der Waals surface area contributed by atoms with Gasteiger partial charge in [-0.3, -0.25) is 4.79 Å². The van der Waals surface area contributed by atoms with Crippen molar-refractivity contribution in [3.63, 3.8) is 0 Å². The number of rotatable bonds is 5. The van der Waals surface area contributed by atoms with Gasteiger partial charge in [0.05, 0.1) is 18.6 Å². The summed E-state index contributed by atoms with van der Waals surface area (Å²) in [4.78, 5) is 14.4. The van der Waals surface area contributed by atoms with Gasteiger partial charge in [-0.05, 0) is 54.0 Å². The van der Waals surface area contributed by atoms with Gasteiger partial charge in [-0.2, -0.15) is 11.3 Å². The number of thiophene rings is 1. The third-order valence-corrected chi connectivity index (χ3v) is 5.71. The zero-order valence-electron chi connectivity index (χ0n) is 13.3. The van der Waals surface area contributed by atoms with Crippen molar-refractivity contribution in [2.24, 2.45) is 5.92 Å². The molecule has 1 atom stereocenters. The van der Waals surface area contributed by atoms with Crippen LogP contribution in [0.3, 0.4) is 0 Å². The molecule has 1 aromatic rings. The smallest absolute Gasteiger partial charge is 0.227 e. The summed E-state index contributed by atoms with van der Waals surface area (Å²) in [5.74, 6) is 0.871. The summed E-state index contributed by atoms with van der Waals surface area (Å²) in [6.07, 6.45) is 4.70. The molecule has 0 aromatic carbocycles. The summed E-state index contributed by atoms with van der Waals surface area (Å²) in [5, 5.41) is 4.09. The molecule has 2 saturated heterocycles. The lowest BCUT2D eigenvalue weighted by Crippen LogP contribution is -2.46. The van der Waals surface area contributed by atoms with Gasteiger partial charge < -0.3 is 14.4 Å². The molecule has 0 N–H and O–H groups in total. The number of piperidine rings is 1. The number of carbonyl (C=O) groups excluding carboxylic acids is 1. The van der Waals surface area contributed by atoms with Crippen LogP contribution in [0.25, 0.3) is 0 Å². The van der Waals surface area contributed by atoms with Gasteiger partial charge in [0.25, 0.3) is 0 Å². The molecule has 2 aliphatic rings. The van der Waals surface area contributed by atoms with Crippen LogP contribution in [0.1, 0.15) is 31.2 Å². The van der Waals surface area contributed by atoms with Crippen LogP contribution in [-0.4, -0.2) is 49.8 Å². The first-order valence-corrected chi connectivity index (χ1v) is 9.07. The first-order valence-electron chi connectivity index (χ1n) is 8.12. The highest BCUT2D eigenvalue weighted by Gasteiger charge is 2.43. The Morgan fingerprint density at radius 1 is 1.50 bits per heavy atom. The second kappa shape index (κ2) is 7.11. The van der Waals surface area contributed by atoms with Gasteiger partial charge in [-0.25, -0.2) is 0 Å². The van der Waals surface area contributed by atoms with E-state index in [9.17, 15) is 4.79 Å². The number of carbonyl (C=O) groups is 1. The predicted molar refractivity (Wildman–Crippen MR) is 87.1 cm³/mol. The molecule has 3 rings (SSSR count). The maximum absolute atomic E-state index is 12.3. The maximum Gasteiger partial charge on any atom is 0.227 e. The van der Waals surface area contributed by atoms with Gasteiger partial charge in [0.1, 0.15) is 0 Å². The minimum atomic E-state index is 0.0254. The third kappa shape index (κ3) is 3.70. The van der Waals surface area contributed by atoms with Crippen LogP contribution >= 0.6 is 11.3 Å². The quantitative estimate of drug-likeness (QED) is 0.836. The molecular weight excluding hydrogens is 298 g/mol. The van der Waals surface area contributed by atoms with E-state index in [1.54, 1.807) is 18.4 Å². The monoisotopic (exact) mass is 323 g/mol. The number of methoxy groups -OCH3 is 1. The van der Waals surface area contributed by atoms with Crippen molar-refractivity contribution in [1.82, 2.24) is 4.90 Å². The number of amides is 1. The van der Waals surface area contributed by atoms with Gasteiger partial charge >= 0.3 is 0 Å². The molecule has 1 unspecified atom stereocenters. The van der Waals surface area contributed by atoms with Gasteiger partial charge in [0.2, 0.25) is 5.91 Å². The Kier molecular flexibility index (Phi) is 5.16. The fourth-order valence-electron chi connectivity index (χ4n) is 3.60. The van der Waals surface area contributed by atoms with Crippen molar-refractivity contribution in [3.8, 4) is 0 Å². The molecule has 122 valence electrons. The van der Waals surface area contributed by atoms with Gasteiger partial charge in [-0.1, -0.05) is 0 Å². The molecule has 1 aromatic heterocycles. The Morgan fingerprint density at radius 2 is 2.32 bits per heavy atom. The largest absolute Gasteiger partial charge is 0.385 e. The molecule has 22 heavy (non-hydrogen) atoms. The third-order valence-electron chi connectivity index (χ3n) is 4.98. The fourth-order valence-corrected chi connectivity index (χ4v) is 4.27. The molecule has 1 amide bonds. The minimum absolute atomic E-state index is 0.0254. The summed E-state index contributed by atoms with van der Waals surface area (Å²) in [6.45, 7) is 3.33. The van der Waals surface area contributed by atoms with Crippen LogP contribution in [0, 0.1) is 5.92 Å². The zero-order chi connectivity index (χ0) is 15.4. The summed E-state index contributed by atoms with van der Waals surface area (Å²) in [7, 11) is 1.75. The van der Waals surface area contributed by atoms with Crippen LogP contribution < -0.4 is 0 Å². The Hall–Kier alpha value is -0.910. The summed E-state index contributed by atoms with van der Waals surface area (Å²) >= 11 is 1.65. The van der Waals surface area contributed by atoms with E-state index < -0.39 is 0 Å². The number of likely N-dealkylation sites (tertiary alicyclic amines) is 1. The molecular formula is C17H25NO3S. The van der Waals surface area contributed by atoms with E-state index in [1.807, 2.05) is 16.3 Å². The standard InChI is InChI=1S/C17H25NO3S/c1-20-8-2-15-11-17(21-12-15)4-6-18(7-5-17)16(19)10-14-3-9-22-13-14/h3,9,13,15H,2,4-8,10-12H2,1H3. The van der Waals surface area contributed by atoms with Crippen molar-refractivity contribution < 1.29 is 14.3 Å². The van der Waals surface area contributed by atoms with Crippen LogP contribution in [0.15, 0.2) is 16.8 Å². The second-order valence-corrected chi connectivity index (χ2v) is 7.31. The second-order valence-electron chi connectivity index (χ2n) is 6.53. The number of ether oxygens (including phenoxy) is 2. The van der Waals surface area contributed by atoms with E-state index in [0.29, 0.717) is 12.3 Å². The van der Waals surface area contributed by atoms with E-state index in [0.717, 1.165) is 57.6 Å². The van der Waals surface area contributed by atoms with Crippen LogP contribution in [0.5, 0.6) is 0 Å². The SMILES string of the molecule is COCCC1COC2(CCN(C(=O)Cc3ccsc3)CC2)C1. The molecule has 0 radical (unpaired) electrons. The minimum Gasteiger partial charge on any atom is -0.385 e. The average Bonchev–Trinajstić information content (AvgIpc) is 3.16. The van der Waals surface area contributed by atoms with Crippen molar-refractivity contribution in [2.75, 3.05) is 33.4 Å². The molecule has 3 heterocycles. The van der Waals surface area contributed by atoms with E-state index in [1.165, 1.54) is 0 Å². The van der Waals surface area contributed by atoms with Crippen LogP contribution in [0.2, 0.25) is 0 Å². The van der Waals surface area contributed by atoms with Crippen molar-refractivity contribution >= 4 is 17.2 Å². The van der Waals surface area contributed by atoms with Crippen molar-refractivity contribution in [1.29, 1.82) is 0 Å². The summed E-state index contributed by atoms with van der Waals surface area (Å²) in [5.41, 5.74) is 1.16. The lowest BCUT2D eigenvalue weighted by Gasteiger charge is -2.38. The molecule has 0 saturated carbocycles. The Bertz CT molecular complexity index is 480. The molecule has 2 fully saturated rings. The first kappa shape index (κ1) is 16.0. The Balaban J connectivity index is 1.47. The van der Waals surface area contributed by atoms with E-state index in [2.05, 4.69) is 5.38 Å². The molecule has 0 bridgehead atoms. The van der Waals surface area contributed by atoms with Crippen molar-refractivity contribution in [2.45, 2.75) is 37.7 Å². The lowest BCUT2D eigenvalue weighted by atomic mass is 9.84. The van der Waals surface area contributed by atoms with E-state index in [-0.39, 0.29) is 11.5 Å². The predicted octanol–water partition coefficient (Wildman–Crippen LogP) is 2.72. The lowest BCUT2D eigenvalue weighted by molar-refractivity contribution is -0.135. The normalized spacial score (nSPS) is 24.0.